The van der Waals surface area contributed by atoms with E-state index in [1.54, 1.807) is 30.3 Å². The highest BCUT2D eigenvalue weighted by Crippen LogP contribution is 2.34. The molecule has 0 aliphatic heterocycles. The molecule has 0 spiro atoms. The molecule has 2 aromatic rings. The van der Waals surface area contributed by atoms with Crippen molar-refractivity contribution in [2.75, 3.05) is 0 Å². The number of nitrogens with one attached hydrogen (secondary N) is 1. The van der Waals surface area contributed by atoms with Crippen molar-refractivity contribution in [1.82, 2.24) is 4.98 Å². The van der Waals surface area contributed by atoms with Crippen molar-refractivity contribution in [2.45, 2.75) is 5.03 Å². The van der Waals surface area contributed by atoms with Crippen LogP contribution in [0.15, 0.2) is 41.6 Å². The lowest BCUT2D eigenvalue weighted by Crippen LogP contribution is -2.00. The predicted molar refractivity (Wildman–Crippen MR) is 57.7 cm³/mol. The zero-order valence-corrected chi connectivity index (χ0v) is 8.90. The second kappa shape index (κ2) is 3.66. The summed E-state index contributed by atoms with van der Waals surface area (Å²) in [6.45, 7) is 0. The van der Waals surface area contributed by atoms with Crippen molar-refractivity contribution >= 4 is 10.1 Å². The average Bonchev–Trinajstić information content (AvgIpc) is 2.61. The Balaban J connectivity index is 2.71. The van der Waals surface area contributed by atoms with Crippen molar-refractivity contribution in [3.05, 3.63) is 36.5 Å². The van der Waals surface area contributed by atoms with Crippen molar-refractivity contribution in [3.63, 3.8) is 0 Å². The van der Waals surface area contributed by atoms with Gasteiger partial charge in [0.25, 0.3) is 0 Å². The van der Waals surface area contributed by atoms with Gasteiger partial charge in [-0.2, -0.15) is 8.42 Å². The molecule has 0 fully saturated rings. The summed E-state index contributed by atoms with van der Waals surface area (Å²) in [5.74, 6) is -0.223. The van der Waals surface area contributed by atoms with Crippen molar-refractivity contribution in [1.29, 1.82) is 0 Å². The van der Waals surface area contributed by atoms with Gasteiger partial charge in [-0.25, -0.2) is 0 Å². The summed E-state index contributed by atoms with van der Waals surface area (Å²) in [5.41, 5.74) is 0.581. The number of benzene rings is 1. The molecule has 0 aliphatic carbocycles. The maximum Gasteiger partial charge on any atom is 0.310 e. The van der Waals surface area contributed by atoms with Gasteiger partial charge in [-0.15, -0.1) is 0 Å². The fourth-order valence-electron chi connectivity index (χ4n) is 1.48. The zero-order valence-electron chi connectivity index (χ0n) is 8.08. The molecule has 3 N–H and O–H groups in total. The molecule has 0 radical (unpaired) electrons. The standard InChI is InChI=1S/C10H9NO4S/c12-8-6-11-10(16(13,14)15)9(8)7-4-2-1-3-5-7/h1-6,11-12H,(H,13,14,15). The van der Waals surface area contributed by atoms with E-state index in [1.165, 1.54) is 0 Å². The minimum absolute atomic E-state index is 0.0723. The van der Waals surface area contributed by atoms with Gasteiger partial charge in [-0.1, -0.05) is 30.3 Å². The molecule has 0 saturated heterocycles. The van der Waals surface area contributed by atoms with E-state index in [0.29, 0.717) is 5.56 Å². The van der Waals surface area contributed by atoms with Crippen LogP contribution >= 0.6 is 0 Å². The maximum atomic E-state index is 11.1. The highest BCUT2D eigenvalue weighted by Gasteiger charge is 2.21. The Morgan fingerprint density at radius 3 is 2.31 bits per heavy atom. The van der Waals surface area contributed by atoms with Crippen LogP contribution in [0.3, 0.4) is 0 Å². The largest absolute Gasteiger partial charge is 0.506 e. The van der Waals surface area contributed by atoms with Crippen LogP contribution in [0, 0.1) is 0 Å². The minimum Gasteiger partial charge on any atom is -0.506 e. The maximum absolute atomic E-state index is 11.1. The highest BCUT2D eigenvalue weighted by molar-refractivity contribution is 7.85. The van der Waals surface area contributed by atoms with E-state index in [2.05, 4.69) is 4.98 Å². The van der Waals surface area contributed by atoms with E-state index >= 15 is 0 Å². The number of hydrogen-bond acceptors (Lipinski definition) is 3. The molecule has 1 heterocycles. The van der Waals surface area contributed by atoms with Gasteiger partial charge in [0.2, 0.25) is 0 Å². The van der Waals surface area contributed by atoms with Gasteiger partial charge in [0.05, 0.1) is 5.56 Å². The van der Waals surface area contributed by atoms with Crippen LogP contribution in [-0.2, 0) is 10.1 Å². The van der Waals surface area contributed by atoms with Gasteiger partial charge < -0.3 is 10.1 Å². The van der Waals surface area contributed by atoms with E-state index in [9.17, 15) is 13.5 Å². The van der Waals surface area contributed by atoms with Crippen LogP contribution in [-0.4, -0.2) is 23.1 Å². The molecular formula is C10H9NO4S. The third-order valence-electron chi connectivity index (χ3n) is 2.14. The van der Waals surface area contributed by atoms with Crippen molar-refractivity contribution in [2.24, 2.45) is 0 Å². The Morgan fingerprint density at radius 1 is 1.12 bits per heavy atom. The number of rotatable bonds is 2. The third-order valence-corrected chi connectivity index (χ3v) is 2.98. The normalized spacial score (nSPS) is 11.6. The van der Waals surface area contributed by atoms with Crippen LogP contribution in [0.2, 0.25) is 0 Å². The molecule has 1 aromatic heterocycles. The van der Waals surface area contributed by atoms with Crippen LogP contribution in [0.4, 0.5) is 0 Å². The van der Waals surface area contributed by atoms with E-state index < -0.39 is 15.1 Å². The smallest absolute Gasteiger partial charge is 0.310 e. The molecule has 2 rings (SSSR count). The second-order valence-corrected chi connectivity index (χ2v) is 4.58. The van der Waals surface area contributed by atoms with Gasteiger partial charge in [0, 0.05) is 6.20 Å². The van der Waals surface area contributed by atoms with E-state index in [4.69, 9.17) is 4.55 Å². The first-order valence-corrected chi connectivity index (χ1v) is 5.87. The molecule has 0 amide bonds. The molecule has 0 aliphatic rings. The van der Waals surface area contributed by atoms with E-state index in [-0.39, 0.29) is 11.3 Å². The number of aromatic hydroxyl groups is 1. The predicted octanol–water partition coefficient (Wildman–Crippen LogP) is 1.63. The summed E-state index contributed by atoms with van der Waals surface area (Å²) in [4.78, 5) is 2.32. The minimum atomic E-state index is -4.38. The number of H-pyrrole nitrogens is 1. The Morgan fingerprint density at radius 2 is 1.75 bits per heavy atom. The van der Waals surface area contributed by atoms with Gasteiger partial charge in [0.15, 0.2) is 5.03 Å². The second-order valence-electron chi connectivity index (χ2n) is 3.22. The first-order chi connectivity index (χ1) is 7.50. The molecule has 16 heavy (non-hydrogen) atoms. The van der Waals surface area contributed by atoms with Gasteiger partial charge in [-0.3, -0.25) is 4.55 Å². The quantitative estimate of drug-likeness (QED) is 0.695. The lowest BCUT2D eigenvalue weighted by Gasteiger charge is -2.02. The number of aromatic nitrogens is 1. The lowest BCUT2D eigenvalue weighted by atomic mass is 10.1. The Hall–Kier alpha value is -1.79. The third kappa shape index (κ3) is 1.80. The Bertz CT molecular complexity index is 601. The molecule has 5 nitrogen and oxygen atoms in total. The molecule has 84 valence electrons. The summed E-state index contributed by atoms with van der Waals surface area (Å²) in [7, 11) is -4.38. The van der Waals surface area contributed by atoms with E-state index in [1.807, 2.05) is 0 Å². The first kappa shape index (κ1) is 10.7. The molecule has 0 atom stereocenters. The van der Waals surface area contributed by atoms with Gasteiger partial charge in [-0.05, 0) is 5.56 Å². The van der Waals surface area contributed by atoms with Crippen molar-refractivity contribution in [3.8, 4) is 16.9 Å². The lowest BCUT2D eigenvalue weighted by molar-refractivity contribution is 0.474. The Kier molecular flexibility index (Phi) is 2.45. The summed E-state index contributed by atoms with van der Waals surface area (Å²) in [6.07, 6.45) is 1.12. The topological polar surface area (TPSA) is 90.4 Å². The van der Waals surface area contributed by atoms with E-state index in [0.717, 1.165) is 6.20 Å². The van der Waals surface area contributed by atoms with Gasteiger partial charge in [0.1, 0.15) is 5.75 Å². The monoisotopic (exact) mass is 239 g/mol. The summed E-state index contributed by atoms with van der Waals surface area (Å²) >= 11 is 0. The van der Waals surface area contributed by atoms with Crippen LogP contribution in [0.5, 0.6) is 5.75 Å². The van der Waals surface area contributed by atoms with Crippen LogP contribution in [0.1, 0.15) is 0 Å². The summed E-state index contributed by atoms with van der Waals surface area (Å²) < 4.78 is 31.1. The highest BCUT2D eigenvalue weighted by atomic mass is 32.2. The fraction of sp³-hybridized carbons (Fsp3) is 0. The van der Waals surface area contributed by atoms with Crippen LogP contribution < -0.4 is 0 Å². The molecule has 0 unspecified atom stereocenters. The zero-order chi connectivity index (χ0) is 11.8. The molecule has 0 saturated carbocycles. The van der Waals surface area contributed by atoms with Crippen molar-refractivity contribution < 1.29 is 18.1 Å². The molecular weight excluding hydrogens is 230 g/mol. The molecule has 6 heteroatoms. The number of hydrogen-bond donors (Lipinski definition) is 3. The molecule has 0 bridgehead atoms. The molecule has 1 aromatic carbocycles. The number of aromatic amines is 1. The Labute approximate surface area is 92.1 Å². The first-order valence-electron chi connectivity index (χ1n) is 4.43. The van der Waals surface area contributed by atoms with Crippen LogP contribution in [0.25, 0.3) is 11.1 Å². The van der Waals surface area contributed by atoms with Gasteiger partial charge >= 0.3 is 10.1 Å². The average molecular weight is 239 g/mol. The summed E-state index contributed by atoms with van der Waals surface area (Å²) in [5, 5.41) is 9.14. The summed E-state index contributed by atoms with van der Waals surface area (Å²) in [6, 6.07) is 8.45. The fourth-order valence-corrected chi connectivity index (χ4v) is 2.17. The SMILES string of the molecule is O=S(=O)(O)c1[nH]cc(O)c1-c1ccccc1.